The lowest BCUT2D eigenvalue weighted by Crippen LogP contribution is -2.57. The van der Waals surface area contributed by atoms with Crippen LogP contribution in [0.2, 0.25) is 0 Å². The number of nitrogens with one attached hydrogen (secondary N) is 4. The Balaban J connectivity index is 1.11. The SMILES string of the molecule is O=[N+]([O-])c1ccc(C2=c3ccc([nH]3)=C(c3ccc(OC4OC(O)C(O)C(O)C4CO)cc3)c3ccc([nH]3)C(c3ccc(OC4OC(O)C(O)C(O)C4CO)cc3)=c3ccc([nH]3)=C(c3ccc([N+](=O)[O-])cc3)c3ccc2[nH]3)cc1. The van der Waals surface area contributed by atoms with Crippen LogP contribution < -0.4 is 30.9 Å². The van der Waals surface area contributed by atoms with Crippen molar-refractivity contribution in [2.45, 2.75) is 49.6 Å². The van der Waals surface area contributed by atoms with Crippen molar-refractivity contribution in [2.24, 2.45) is 11.8 Å². The molecule has 10 unspecified atom stereocenters. The second kappa shape index (κ2) is 21.1. The molecule has 0 radical (unpaired) electrons. The molecule has 0 saturated carbocycles. The maximum atomic E-state index is 11.8. The summed E-state index contributed by atoms with van der Waals surface area (Å²) in [6, 6.07) is 41.2. The second-order valence-electron chi connectivity index (χ2n) is 19.0. The van der Waals surface area contributed by atoms with E-state index in [4.69, 9.17) is 18.9 Å². The minimum Gasteiger partial charge on any atom is -0.464 e. The van der Waals surface area contributed by atoms with Gasteiger partial charge >= 0.3 is 0 Å². The third-order valence-electron chi connectivity index (χ3n) is 14.3. The lowest BCUT2D eigenvalue weighted by atomic mass is 9.94. The van der Waals surface area contributed by atoms with Crippen LogP contribution in [-0.4, -0.2) is 133 Å². The Bertz CT molecular complexity index is 3530. The van der Waals surface area contributed by atoms with E-state index in [0.717, 1.165) is 0 Å². The topological polar surface area (TPSA) is 348 Å². The van der Waals surface area contributed by atoms with Crippen molar-refractivity contribution in [3.05, 3.63) is 232 Å². The van der Waals surface area contributed by atoms with Crippen LogP contribution in [0.25, 0.3) is 22.3 Å². The number of H-pyrrole nitrogens is 4. The van der Waals surface area contributed by atoms with E-state index in [1.165, 1.54) is 24.3 Å². The Hall–Kier alpha value is -8.52. The van der Waals surface area contributed by atoms with Crippen molar-refractivity contribution in [3.63, 3.8) is 0 Å². The molecular weight excluding hydrogens is 1010 g/mol. The fraction of sp³-hybridized carbons (Fsp3) is 0.214. The maximum Gasteiger partial charge on any atom is 0.269 e. The first-order valence-electron chi connectivity index (χ1n) is 24.6. The van der Waals surface area contributed by atoms with Crippen LogP contribution in [0.1, 0.15) is 45.0 Å². The number of nitro groups is 2. The van der Waals surface area contributed by atoms with Gasteiger partial charge in [0, 0.05) is 90.7 Å². The minimum absolute atomic E-state index is 0.102. The smallest absolute Gasteiger partial charge is 0.269 e. The van der Waals surface area contributed by atoms with Crippen LogP contribution in [0.3, 0.4) is 0 Å². The summed E-state index contributed by atoms with van der Waals surface area (Å²) in [6.45, 7) is -1.22. The third kappa shape index (κ3) is 9.69. The molecule has 8 aromatic rings. The number of aromatic amines is 4. The summed E-state index contributed by atoms with van der Waals surface area (Å²) in [5, 5.41) is 108. The van der Waals surface area contributed by atoms with Crippen LogP contribution in [0.15, 0.2) is 146 Å². The van der Waals surface area contributed by atoms with Gasteiger partial charge in [-0.1, -0.05) is 24.3 Å². The lowest BCUT2D eigenvalue weighted by molar-refractivity contribution is -0.385. The number of ether oxygens (including phenoxy) is 4. The van der Waals surface area contributed by atoms with E-state index in [-0.39, 0.29) is 22.9 Å². The molecule has 0 aliphatic carbocycles. The summed E-state index contributed by atoms with van der Waals surface area (Å²) in [4.78, 5) is 37.2. The van der Waals surface area contributed by atoms with Gasteiger partial charge in [0.1, 0.15) is 23.7 Å². The van der Waals surface area contributed by atoms with Crippen molar-refractivity contribution in [1.82, 2.24) is 19.9 Å². The number of aliphatic hydroxyl groups excluding tert-OH is 8. The highest BCUT2D eigenvalue weighted by Gasteiger charge is 2.46. The zero-order valence-electron chi connectivity index (χ0n) is 40.8. The molecule has 10 atom stereocenters. The van der Waals surface area contributed by atoms with Crippen molar-refractivity contribution >= 4 is 33.7 Å². The van der Waals surface area contributed by atoms with Crippen molar-refractivity contribution in [2.75, 3.05) is 13.2 Å². The average molecular weight is 1060 g/mol. The molecule has 22 nitrogen and oxygen atoms in total. The Morgan fingerprint density at radius 2 is 0.679 bits per heavy atom. The van der Waals surface area contributed by atoms with E-state index < -0.39 is 84.5 Å². The van der Waals surface area contributed by atoms with Crippen LogP contribution >= 0.6 is 0 Å². The molecule has 78 heavy (non-hydrogen) atoms. The number of fused-ring (bicyclic) bond motifs is 8. The molecule has 3 aliphatic rings. The van der Waals surface area contributed by atoms with Gasteiger partial charge in [-0.2, -0.15) is 0 Å². The lowest BCUT2D eigenvalue weighted by Gasteiger charge is -2.39. The summed E-state index contributed by atoms with van der Waals surface area (Å²) in [5.41, 5.74) is 7.51. The van der Waals surface area contributed by atoms with Crippen molar-refractivity contribution in [3.8, 4) is 11.5 Å². The molecule has 0 spiro atoms. The molecule has 2 fully saturated rings. The molecule has 8 bridgehead atoms. The zero-order valence-corrected chi connectivity index (χ0v) is 40.8. The highest BCUT2D eigenvalue weighted by atomic mass is 16.7. The van der Waals surface area contributed by atoms with Gasteiger partial charge in [-0.05, 0) is 119 Å². The number of benzene rings is 4. The number of aromatic nitrogens is 4. The number of nitro benzene ring substituents is 2. The fourth-order valence-corrected chi connectivity index (χ4v) is 10.2. The molecule has 0 amide bonds. The van der Waals surface area contributed by atoms with Crippen LogP contribution in [0.4, 0.5) is 11.4 Å². The predicted octanol–water partition coefficient (Wildman–Crippen LogP) is 0.886. The quantitative estimate of drug-likeness (QED) is 0.0597. The van der Waals surface area contributed by atoms with Crippen LogP contribution in [0, 0.1) is 32.1 Å². The van der Waals surface area contributed by atoms with E-state index in [1.54, 1.807) is 72.8 Å². The van der Waals surface area contributed by atoms with Gasteiger partial charge in [0.25, 0.3) is 11.4 Å². The number of hydrogen-bond acceptors (Lipinski definition) is 16. The van der Waals surface area contributed by atoms with Crippen molar-refractivity contribution < 1.29 is 69.6 Å². The first-order chi connectivity index (χ1) is 37.7. The monoisotopic (exact) mass is 1060 g/mol. The average Bonchev–Trinajstić information content (AvgIpc) is 4.32. The molecule has 7 heterocycles. The molecule has 11 rings (SSSR count). The van der Waals surface area contributed by atoms with Gasteiger partial charge in [-0.15, -0.1) is 0 Å². The molecule has 400 valence electrons. The third-order valence-corrected chi connectivity index (χ3v) is 14.3. The fourth-order valence-electron chi connectivity index (χ4n) is 10.2. The van der Waals surface area contributed by atoms with Gasteiger partial charge in [0.2, 0.25) is 12.6 Å². The molecule has 12 N–H and O–H groups in total. The van der Waals surface area contributed by atoms with Gasteiger partial charge < -0.3 is 79.7 Å². The summed E-state index contributed by atoms with van der Waals surface area (Å²) >= 11 is 0. The maximum absolute atomic E-state index is 11.8. The molecule has 4 aromatic heterocycles. The highest BCUT2D eigenvalue weighted by Crippen LogP contribution is 2.34. The summed E-state index contributed by atoms with van der Waals surface area (Å²) in [7, 11) is 0. The Labute approximate surface area is 440 Å². The first kappa shape index (κ1) is 51.6. The summed E-state index contributed by atoms with van der Waals surface area (Å²) in [6.07, 6.45) is -12.6. The molecule has 4 aromatic carbocycles. The second-order valence-corrected chi connectivity index (χ2v) is 19.0. The van der Waals surface area contributed by atoms with Gasteiger partial charge in [0.05, 0.1) is 47.1 Å². The number of aliphatic hydroxyl groups is 8. The largest absolute Gasteiger partial charge is 0.464 e. The summed E-state index contributed by atoms with van der Waals surface area (Å²) < 4.78 is 22.9. The van der Waals surface area contributed by atoms with Crippen molar-refractivity contribution in [1.29, 1.82) is 0 Å². The van der Waals surface area contributed by atoms with Gasteiger partial charge in [-0.25, -0.2) is 0 Å². The standard InChI is InChI=1S/C56H50N6O16/c63-25-35-49(65)51(67)53(69)77-55(35)75-33-13-5-29(6-14-33)47-41-21-19-39(58-41)45(27-1-9-31(10-2-27)61(71)72)37-17-18-38(57-37)46(28-3-11-32(12-4-28)62(73)74)40-20-22-42(59-40)48(44-24-23-43(47)60-44)30-7-15-34(16-8-30)76-56-36(26-64)50(66)52(68)54(70)78-56/h1-24,35-36,49-60,63-70H,25-26H2. The Kier molecular flexibility index (Phi) is 14.0. The van der Waals surface area contributed by atoms with Crippen LogP contribution in [0.5, 0.6) is 11.5 Å². The number of rotatable bonds is 12. The highest BCUT2D eigenvalue weighted by molar-refractivity contribution is 5.85. The Morgan fingerprint density at radius 1 is 0.397 bits per heavy atom. The molecule has 22 heteroatoms. The predicted molar refractivity (Wildman–Crippen MR) is 275 cm³/mol. The minimum atomic E-state index is -1.77. The Morgan fingerprint density at radius 3 is 0.949 bits per heavy atom. The number of hydrogen-bond donors (Lipinski definition) is 12. The number of nitrogens with zero attached hydrogens (tertiary/aromatic N) is 2. The molecule has 3 aliphatic heterocycles. The molecular formula is C56H50N6O16. The zero-order chi connectivity index (χ0) is 54.5. The van der Waals surface area contributed by atoms with E-state index in [9.17, 15) is 61.1 Å². The number of non-ortho nitro benzene ring substituents is 2. The van der Waals surface area contributed by atoms with E-state index in [0.29, 0.717) is 88.7 Å². The van der Waals surface area contributed by atoms with E-state index in [2.05, 4.69) is 19.9 Å². The van der Waals surface area contributed by atoms with Gasteiger partial charge in [-0.3, -0.25) is 20.2 Å². The van der Waals surface area contributed by atoms with E-state index in [1.807, 2.05) is 48.5 Å². The summed E-state index contributed by atoms with van der Waals surface area (Å²) in [5.74, 6) is -1.66. The molecule has 2 saturated heterocycles. The first-order valence-corrected chi connectivity index (χ1v) is 24.6. The van der Waals surface area contributed by atoms with Gasteiger partial charge in [0.15, 0.2) is 12.6 Å². The normalized spacial score (nSPS) is 24.3. The van der Waals surface area contributed by atoms with E-state index >= 15 is 0 Å². The van der Waals surface area contributed by atoms with Crippen LogP contribution in [-0.2, 0) is 9.47 Å².